The van der Waals surface area contributed by atoms with Gasteiger partial charge in [-0.2, -0.15) is 0 Å². The van der Waals surface area contributed by atoms with E-state index in [1.54, 1.807) is 42.5 Å². The Balaban J connectivity index is 0.000000184. The predicted molar refractivity (Wildman–Crippen MR) is 72.4 cm³/mol. The lowest BCUT2D eigenvalue weighted by Crippen LogP contribution is -1.89. The van der Waals surface area contributed by atoms with E-state index in [1.807, 2.05) is 13.0 Å². The van der Waals surface area contributed by atoms with Gasteiger partial charge in [-0.05, 0) is 43.3 Å². The van der Waals surface area contributed by atoms with Gasteiger partial charge < -0.3 is 14.9 Å². The Hall–Kier alpha value is -1.87. The number of benzene rings is 2. The van der Waals surface area contributed by atoms with E-state index in [2.05, 4.69) is 0 Å². The molecule has 4 heteroatoms. The SMILES string of the molecule is CCOc1cccc(O)c1.Oc1ccc(Cl)cc1. The van der Waals surface area contributed by atoms with Gasteiger partial charge in [0.15, 0.2) is 0 Å². The van der Waals surface area contributed by atoms with E-state index >= 15 is 0 Å². The molecule has 0 spiro atoms. The fourth-order valence-electron chi connectivity index (χ4n) is 1.18. The van der Waals surface area contributed by atoms with E-state index in [-0.39, 0.29) is 11.5 Å². The van der Waals surface area contributed by atoms with Crippen molar-refractivity contribution >= 4 is 11.6 Å². The fourth-order valence-corrected chi connectivity index (χ4v) is 1.31. The van der Waals surface area contributed by atoms with Gasteiger partial charge >= 0.3 is 0 Å². The van der Waals surface area contributed by atoms with Crippen LogP contribution in [0.5, 0.6) is 17.2 Å². The molecule has 2 rings (SSSR count). The third-order valence-corrected chi connectivity index (χ3v) is 2.21. The van der Waals surface area contributed by atoms with Gasteiger partial charge in [0.1, 0.15) is 17.2 Å². The van der Waals surface area contributed by atoms with Crippen LogP contribution >= 0.6 is 11.6 Å². The fraction of sp³-hybridized carbons (Fsp3) is 0.143. The van der Waals surface area contributed by atoms with Crippen LogP contribution in [0.25, 0.3) is 0 Å². The molecule has 0 aromatic heterocycles. The summed E-state index contributed by atoms with van der Waals surface area (Å²) in [7, 11) is 0. The van der Waals surface area contributed by atoms with Gasteiger partial charge in [-0.15, -0.1) is 0 Å². The molecule has 0 aliphatic rings. The van der Waals surface area contributed by atoms with Gasteiger partial charge in [0.25, 0.3) is 0 Å². The minimum absolute atomic E-state index is 0.242. The first-order valence-corrected chi connectivity index (χ1v) is 5.86. The number of phenols is 2. The Kier molecular flexibility index (Phi) is 5.88. The number of aromatic hydroxyl groups is 2. The Labute approximate surface area is 111 Å². The lowest BCUT2D eigenvalue weighted by Gasteiger charge is -2.01. The second-order valence-corrected chi connectivity index (χ2v) is 3.84. The maximum Gasteiger partial charge on any atom is 0.122 e. The number of hydrogen-bond donors (Lipinski definition) is 2. The molecule has 2 aromatic rings. The number of ether oxygens (including phenoxy) is 1. The second kappa shape index (κ2) is 7.45. The van der Waals surface area contributed by atoms with Crippen molar-refractivity contribution in [3.05, 3.63) is 53.6 Å². The normalized spacial score (nSPS) is 9.22. The first-order chi connectivity index (χ1) is 8.61. The highest BCUT2D eigenvalue weighted by Crippen LogP contribution is 2.17. The molecular formula is C14H15ClO3. The molecule has 0 saturated carbocycles. The Bertz CT molecular complexity index is 448. The van der Waals surface area contributed by atoms with E-state index in [1.165, 1.54) is 0 Å². The monoisotopic (exact) mass is 266 g/mol. The van der Waals surface area contributed by atoms with Gasteiger partial charge in [-0.1, -0.05) is 17.7 Å². The average molecular weight is 267 g/mol. The van der Waals surface area contributed by atoms with Crippen LogP contribution in [0.1, 0.15) is 6.92 Å². The summed E-state index contributed by atoms with van der Waals surface area (Å²) in [6, 6.07) is 13.1. The minimum atomic E-state index is 0.242. The summed E-state index contributed by atoms with van der Waals surface area (Å²) < 4.78 is 5.13. The van der Waals surface area contributed by atoms with Crippen LogP contribution in [0.15, 0.2) is 48.5 Å². The number of phenolic OH excluding ortho intramolecular Hbond substituents is 2. The first kappa shape index (κ1) is 14.2. The number of rotatable bonds is 2. The summed E-state index contributed by atoms with van der Waals surface area (Å²) >= 11 is 5.50. The van der Waals surface area contributed by atoms with Crippen molar-refractivity contribution in [3.63, 3.8) is 0 Å². The van der Waals surface area contributed by atoms with Crippen LogP contribution in [0.2, 0.25) is 5.02 Å². The zero-order valence-electron chi connectivity index (χ0n) is 10.0. The zero-order valence-corrected chi connectivity index (χ0v) is 10.8. The summed E-state index contributed by atoms with van der Waals surface area (Å²) in [5.41, 5.74) is 0. The molecule has 0 saturated heterocycles. The summed E-state index contributed by atoms with van der Waals surface area (Å²) in [4.78, 5) is 0. The van der Waals surface area contributed by atoms with Crippen molar-refractivity contribution < 1.29 is 14.9 Å². The zero-order chi connectivity index (χ0) is 13.4. The van der Waals surface area contributed by atoms with Gasteiger partial charge in [-0.25, -0.2) is 0 Å². The van der Waals surface area contributed by atoms with Crippen molar-refractivity contribution in [1.29, 1.82) is 0 Å². The highest BCUT2D eigenvalue weighted by Gasteiger charge is 1.91. The molecule has 0 amide bonds. The molecule has 0 radical (unpaired) electrons. The number of halogens is 1. The van der Waals surface area contributed by atoms with Crippen LogP contribution in [0, 0.1) is 0 Å². The van der Waals surface area contributed by atoms with Crippen LogP contribution in [0.3, 0.4) is 0 Å². The molecule has 0 unspecified atom stereocenters. The van der Waals surface area contributed by atoms with Gasteiger partial charge in [0.05, 0.1) is 6.61 Å². The van der Waals surface area contributed by atoms with Crippen molar-refractivity contribution in [3.8, 4) is 17.2 Å². The maximum absolute atomic E-state index is 8.96. The van der Waals surface area contributed by atoms with Crippen molar-refractivity contribution in [2.75, 3.05) is 6.61 Å². The molecule has 2 aromatic carbocycles. The predicted octanol–water partition coefficient (Wildman–Crippen LogP) is 3.84. The lowest BCUT2D eigenvalue weighted by molar-refractivity contribution is 0.337. The molecule has 0 fully saturated rings. The number of hydrogen-bond acceptors (Lipinski definition) is 3. The third-order valence-electron chi connectivity index (χ3n) is 1.96. The molecule has 0 aliphatic heterocycles. The molecule has 0 atom stereocenters. The van der Waals surface area contributed by atoms with E-state index in [9.17, 15) is 0 Å². The van der Waals surface area contributed by atoms with Crippen molar-refractivity contribution in [1.82, 2.24) is 0 Å². The summed E-state index contributed by atoms with van der Waals surface area (Å²) in [6.07, 6.45) is 0. The van der Waals surface area contributed by atoms with Crippen LogP contribution in [0.4, 0.5) is 0 Å². The van der Waals surface area contributed by atoms with Crippen LogP contribution in [-0.2, 0) is 0 Å². The second-order valence-electron chi connectivity index (χ2n) is 3.41. The molecule has 96 valence electrons. The Morgan fingerprint density at radius 2 is 1.67 bits per heavy atom. The topological polar surface area (TPSA) is 49.7 Å². The quantitative estimate of drug-likeness (QED) is 0.868. The van der Waals surface area contributed by atoms with E-state index < -0.39 is 0 Å². The average Bonchev–Trinajstić information content (AvgIpc) is 2.34. The largest absolute Gasteiger partial charge is 0.508 e. The molecule has 0 heterocycles. The highest BCUT2D eigenvalue weighted by atomic mass is 35.5. The maximum atomic E-state index is 8.96. The van der Waals surface area contributed by atoms with Gasteiger partial charge in [-0.3, -0.25) is 0 Å². The highest BCUT2D eigenvalue weighted by molar-refractivity contribution is 6.30. The van der Waals surface area contributed by atoms with E-state index in [0.717, 1.165) is 0 Å². The van der Waals surface area contributed by atoms with Crippen molar-refractivity contribution in [2.24, 2.45) is 0 Å². The Morgan fingerprint density at radius 3 is 2.17 bits per heavy atom. The van der Waals surface area contributed by atoms with Crippen LogP contribution < -0.4 is 4.74 Å². The molecule has 0 aliphatic carbocycles. The summed E-state index contributed by atoms with van der Waals surface area (Å²) in [6.45, 7) is 2.54. The smallest absolute Gasteiger partial charge is 0.122 e. The van der Waals surface area contributed by atoms with Gasteiger partial charge in [0.2, 0.25) is 0 Å². The van der Waals surface area contributed by atoms with Crippen LogP contribution in [-0.4, -0.2) is 16.8 Å². The molecule has 2 N–H and O–H groups in total. The standard InChI is InChI=1S/C8H10O2.C6H5ClO/c1-2-10-8-5-3-4-7(9)6-8;7-5-1-3-6(8)4-2-5/h3-6,9H,2H2,1H3;1-4,8H. The van der Waals surface area contributed by atoms with E-state index in [0.29, 0.717) is 17.4 Å². The first-order valence-electron chi connectivity index (χ1n) is 5.48. The molecule has 18 heavy (non-hydrogen) atoms. The summed E-state index contributed by atoms with van der Waals surface area (Å²) in [5.74, 6) is 1.20. The minimum Gasteiger partial charge on any atom is -0.508 e. The third kappa shape index (κ3) is 5.46. The Morgan fingerprint density at radius 1 is 1.00 bits per heavy atom. The molecular weight excluding hydrogens is 252 g/mol. The summed E-state index contributed by atoms with van der Waals surface area (Å²) in [5, 5.41) is 18.3. The molecule has 3 nitrogen and oxygen atoms in total. The lowest BCUT2D eigenvalue weighted by atomic mass is 10.3. The van der Waals surface area contributed by atoms with Gasteiger partial charge in [0, 0.05) is 11.1 Å². The van der Waals surface area contributed by atoms with Crippen molar-refractivity contribution in [2.45, 2.75) is 6.92 Å². The molecule has 0 bridgehead atoms. The van der Waals surface area contributed by atoms with E-state index in [4.69, 9.17) is 26.6 Å².